The molecule has 0 spiro atoms. The Balaban J connectivity index is 1.66. The highest BCUT2D eigenvalue weighted by Gasteiger charge is 2.12. The van der Waals surface area contributed by atoms with Gasteiger partial charge in [-0.05, 0) is 25.5 Å². The number of imidazole rings is 1. The summed E-state index contributed by atoms with van der Waals surface area (Å²) >= 11 is 0. The van der Waals surface area contributed by atoms with E-state index < -0.39 is 0 Å². The Kier molecular flexibility index (Phi) is 4.70. The smallest absolute Gasteiger partial charge is 0.155 e. The molecule has 0 aliphatic carbocycles. The highest BCUT2D eigenvalue weighted by Crippen LogP contribution is 2.28. The average molecular weight is 358 g/mol. The number of aromatic nitrogens is 5. The minimum absolute atomic E-state index is 0.294. The van der Waals surface area contributed by atoms with Gasteiger partial charge in [-0.1, -0.05) is 30.3 Å². The lowest BCUT2D eigenvalue weighted by Gasteiger charge is -2.15. The lowest BCUT2D eigenvalue weighted by Crippen LogP contribution is -2.12. The van der Waals surface area contributed by atoms with Gasteiger partial charge >= 0.3 is 0 Å². The highest BCUT2D eigenvalue weighted by atomic mass is 15.3. The third-order valence-corrected chi connectivity index (χ3v) is 4.19. The maximum absolute atomic E-state index is 4.60. The van der Waals surface area contributed by atoms with Gasteiger partial charge in [0.15, 0.2) is 5.82 Å². The van der Waals surface area contributed by atoms with Crippen molar-refractivity contribution in [3.63, 3.8) is 0 Å². The van der Waals surface area contributed by atoms with Crippen molar-refractivity contribution in [3.8, 4) is 17.1 Å². The molecule has 0 bridgehead atoms. The molecule has 3 aromatic heterocycles. The van der Waals surface area contributed by atoms with Crippen molar-refractivity contribution >= 4 is 5.69 Å². The van der Waals surface area contributed by atoms with Gasteiger partial charge in [-0.2, -0.15) is 5.10 Å². The third-order valence-electron chi connectivity index (χ3n) is 4.19. The number of rotatable bonds is 6. The highest BCUT2D eigenvalue weighted by molar-refractivity contribution is 5.75. The molecule has 0 amide bonds. The molecule has 1 aromatic carbocycles. The molecule has 0 atom stereocenters. The normalized spacial score (nSPS) is 11.1. The number of benzene rings is 1. The summed E-state index contributed by atoms with van der Waals surface area (Å²) in [5, 5.41) is 7.77. The average Bonchev–Trinajstić information content (AvgIpc) is 3.34. The van der Waals surface area contributed by atoms with Gasteiger partial charge in [0.2, 0.25) is 0 Å². The van der Waals surface area contributed by atoms with Crippen molar-refractivity contribution in [1.82, 2.24) is 24.3 Å². The van der Waals surface area contributed by atoms with E-state index in [2.05, 4.69) is 69.3 Å². The van der Waals surface area contributed by atoms with Crippen molar-refractivity contribution in [1.29, 1.82) is 0 Å². The number of hydrogen-bond acceptors (Lipinski definition) is 4. The Bertz CT molecular complexity index is 1000. The SMILES string of the molecule is CC(C)Nc1cc(-n2cccn2)ncc1-c1cn(Cc2ccccc2)cn1. The van der Waals surface area contributed by atoms with Crippen LogP contribution in [0.25, 0.3) is 17.1 Å². The molecule has 0 unspecified atom stereocenters. The summed E-state index contributed by atoms with van der Waals surface area (Å²) in [6.07, 6.45) is 9.41. The second kappa shape index (κ2) is 7.45. The maximum Gasteiger partial charge on any atom is 0.155 e. The number of hydrogen-bond donors (Lipinski definition) is 1. The molecule has 4 aromatic rings. The van der Waals surface area contributed by atoms with Crippen LogP contribution in [0.5, 0.6) is 0 Å². The summed E-state index contributed by atoms with van der Waals surface area (Å²) < 4.78 is 3.84. The van der Waals surface area contributed by atoms with E-state index in [4.69, 9.17) is 0 Å². The molecule has 0 aliphatic rings. The van der Waals surface area contributed by atoms with Gasteiger partial charge in [0.25, 0.3) is 0 Å². The quantitative estimate of drug-likeness (QED) is 0.566. The van der Waals surface area contributed by atoms with Gasteiger partial charge < -0.3 is 9.88 Å². The standard InChI is InChI=1S/C21H22N6/c1-16(2)25-19-11-21(27-10-6-9-24-27)22-12-18(19)20-14-26(15-23-20)13-17-7-4-3-5-8-17/h3-12,14-16H,13H2,1-2H3,(H,22,25). The molecule has 0 radical (unpaired) electrons. The summed E-state index contributed by atoms with van der Waals surface area (Å²) in [5.41, 5.74) is 4.12. The van der Waals surface area contributed by atoms with Gasteiger partial charge in [-0.25, -0.2) is 14.6 Å². The van der Waals surface area contributed by atoms with Crippen molar-refractivity contribution in [3.05, 3.63) is 79.1 Å². The van der Waals surface area contributed by atoms with Crippen LogP contribution in [0.2, 0.25) is 0 Å². The van der Waals surface area contributed by atoms with Crippen LogP contribution in [-0.2, 0) is 6.54 Å². The van der Waals surface area contributed by atoms with Gasteiger partial charge in [0.05, 0.1) is 12.0 Å². The minimum Gasteiger partial charge on any atom is -0.382 e. The van der Waals surface area contributed by atoms with E-state index in [0.29, 0.717) is 6.04 Å². The first kappa shape index (κ1) is 17.0. The zero-order valence-corrected chi connectivity index (χ0v) is 15.4. The van der Waals surface area contributed by atoms with Gasteiger partial charge in [-0.15, -0.1) is 0 Å². The van der Waals surface area contributed by atoms with Crippen LogP contribution in [0.1, 0.15) is 19.4 Å². The Labute approximate surface area is 158 Å². The van der Waals surface area contributed by atoms with E-state index in [1.165, 1.54) is 5.56 Å². The molecular weight excluding hydrogens is 336 g/mol. The first-order chi connectivity index (χ1) is 13.2. The molecule has 0 saturated heterocycles. The summed E-state index contributed by atoms with van der Waals surface area (Å²) in [6, 6.07) is 14.6. The van der Waals surface area contributed by atoms with E-state index in [1.54, 1.807) is 10.9 Å². The zero-order valence-electron chi connectivity index (χ0n) is 15.4. The van der Waals surface area contributed by atoms with E-state index in [-0.39, 0.29) is 0 Å². The van der Waals surface area contributed by atoms with Crippen LogP contribution in [-0.4, -0.2) is 30.4 Å². The molecule has 136 valence electrons. The summed E-state index contributed by atoms with van der Waals surface area (Å²) in [6.45, 7) is 5.02. The monoisotopic (exact) mass is 358 g/mol. The Morgan fingerprint density at radius 3 is 2.67 bits per heavy atom. The van der Waals surface area contributed by atoms with Crippen LogP contribution in [0, 0.1) is 0 Å². The lowest BCUT2D eigenvalue weighted by molar-refractivity contribution is 0.797. The predicted octanol–water partition coefficient (Wildman–Crippen LogP) is 4.00. The van der Waals surface area contributed by atoms with Crippen molar-refractivity contribution < 1.29 is 0 Å². The molecule has 0 saturated carbocycles. The van der Waals surface area contributed by atoms with Crippen molar-refractivity contribution in [2.75, 3.05) is 5.32 Å². The van der Waals surface area contributed by atoms with Crippen LogP contribution < -0.4 is 5.32 Å². The van der Waals surface area contributed by atoms with Gasteiger partial charge in [0, 0.05) is 54.7 Å². The molecule has 0 fully saturated rings. The van der Waals surface area contributed by atoms with Gasteiger partial charge in [-0.3, -0.25) is 0 Å². The van der Waals surface area contributed by atoms with Crippen LogP contribution in [0.4, 0.5) is 5.69 Å². The van der Waals surface area contributed by atoms with Crippen LogP contribution in [0.3, 0.4) is 0 Å². The predicted molar refractivity (Wildman–Crippen MR) is 107 cm³/mol. The van der Waals surface area contributed by atoms with Crippen LogP contribution in [0.15, 0.2) is 73.6 Å². The Morgan fingerprint density at radius 2 is 1.93 bits per heavy atom. The molecule has 6 heteroatoms. The van der Waals surface area contributed by atoms with E-state index in [9.17, 15) is 0 Å². The topological polar surface area (TPSA) is 60.6 Å². The van der Waals surface area contributed by atoms with Crippen molar-refractivity contribution in [2.45, 2.75) is 26.4 Å². The first-order valence-electron chi connectivity index (χ1n) is 9.02. The fourth-order valence-electron chi connectivity index (χ4n) is 2.99. The van der Waals surface area contributed by atoms with E-state index in [1.807, 2.05) is 36.9 Å². The molecular formula is C21H22N6. The molecule has 27 heavy (non-hydrogen) atoms. The zero-order chi connectivity index (χ0) is 18.6. The number of nitrogens with one attached hydrogen (secondary N) is 1. The second-order valence-electron chi connectivity index (χ2n) is 6.75. The van der Waals surface area contributed by atoms with E-state index >= 15 is 0 Å². The minimum atomic E-state index is 0.294. The van der Waals surface area contributed by atoms with Gasteiger partial charge in [0.1, 0.15) is 0 Å². The second-order valence-corrected chi connectivity index (χ2v) is 6.75. The molecule has 4 rings (SSSR count). The Hall–Kier alpha value is -3.41. The van der Waals surface area contributed by atoms with E-state index in [0.717, 1.165) is 29.3 Å². The summed E-state index contributed by atoms with van der Waals surface area (Å²) in [7, 11) is 0. The fraction of sp³-hybridized carbons (Fsp3) is 0.190. The summed E-state index contributed by atoms with van der Waals surface area (Å²) in [5.74, 6) is 0.774. The number of pyridine rings is 1. The van der Waals surface area contributed by atoms with Crippen molar-refractivity contribution in [2.24, 2.45) is 0 Å². The maximum atomic E-state index is 4.60. The number of anilines is 1. The Morgan fingerprint density at radius 1 is 1.07 bits per heavy atom. The fourth-order valence-corrected chi connectivity index (χ4v) is 2.99. The molecule has 6 nitrogen and oxygen atoms in total. The largest absolute Gasteiger partial charge is 0.382 e. The van der Waals surface area contributed by atoms with Crippen LogP contribution >= 0.6 is 0 Å². The number of nitrogens with zero attached hydrogens (tertiary/aromatic N) is 5. The molecule has 0 aliphatic heterocycles. The summed E-state index contributed by atoms with van der Waals surface area (Å²) in [4.78, 5) is 9.17. The molecule has 3 heterocycles. The third kappa shape index (κ3) is 3.89. The first-order valence-corrected chi connectivity index (χ1v) is 9.02. The molecule has 1 N–H and O–H groups in total. The lowest BCUT2D eigenvalue weighted by atomic mass is 10.1.